The van der Waals surface area contributed by atoms with Gasteiger partial charge in [-0.3, -0.25) is 10.4 Å². The van der Waals surface area contributed by atoms with Crippen molar-refractivity contribution in [3.63, 3.8) is 0 Å². The molecule has 4 N–H and O–H groups in total. The quantitative estimate of drug-likeness (QED) is 0.434. The van der Waals surface area contributed by atoms with Gasteiger partial charge in [0.25, 0.3) is 0 Å². The van der Waals surface area contributed by atoms with Crippen LogP contribution in [0.15, 0.2) is 11.0 Å². The lowest BCUT2D eigenvalue weighted by atomic mass is 10.1. The zero-order valence-electron chi connectivity index (χ0n) is 10.6. The number of aliphatic hydroxyl groups is 1. The number of aliphatic hydroxyl groups excluding tert-OH is 1. The van der Waals surface area contributed by atoms with Gasteiger partial charge >= 0.3 is 0 Å². The van der Waals surface area contributed by atoms with Crippen LogP contribution in [0.2, 0.25) is 0 Å². The first-order valence-electron chi connectivity index (χ1n) is 5.50. The molecule has 1 rings (SSSR count). The highest BCUT2D eigenvalue weighted by molar-refractivity contribution is 8.00. The van der Waals surface area contributed by atoms with Crippen molar-refractivity contribution < 1.29 is 5.11 Å². The predicted molar refractivity (Wildman–Crippen MR) is 71.7 cm³/mol. The van der Waals surface area contributed by atoms with Crippen LogP contribution in [0, 0.1) is 19.3 Å². The van der Waals surface area contributed by atoms with Crippen molar-refractivity contribution in [3.8, 4) is 0 Å². The van der Waals surface area contributed by atoms with Crippen LogP contribution in [0.1, 0.15) is 30.8 Å². The van der Waals surface area contributed by atoms with Gasteiger partial charge in [0.15, 0.2) is 0 Å². The first-order chi connectivity index (χ1) is 7.82. The monoisotopic (exact) mass is 253 g/mol. The Kier molecular flexibility index (Phi) is 4.54. The SMILES string of the molecule is Cc1cc(SC(C)C(C)O)c(C(=N)N)c(C)n1. The van der Waals surface area contributed by atoms with E-state index in [4.69, 9.17) is 11.1 Å². The molecule has 0 aliphatic carbocycles. The van der Waals surface area contributed by atoms with E-state index in [1.165, 1.54) is 11.8 Å². The average Bonchev–Trinajstić information content (AvgIpc) is 2.14. The van der Waals surface area contributed by atoms with Gasteiger partial charge in [-0.2, -0.15) is 0 Å². The first-order valence-corrected chi connectivity index (χ1v) is 6.38. The van der Waals surface area contributed by atoms with Gasteiger partial charge in [0.2, 0.25) is 0 Å². The first kappa shape index (κ1) is 14.0. The Hall–Kier alpha value is -1.07. The lowest BCUT2D eigenvalue weighted by Gasteiger charge is -2.17. The van der Waals surface area contributed by atoms with E-state index in [9.17, 15) is 5.11 Å². The molecule has 5 heteroatoms. The molecule has 4 nitrogen and oxygen atoms in total. The number of nitrogens with zero attached hydrogens (tertiary/aromatic N) is 1. The van der Waals surface area contributed by atoms with Crippen molar-refractivity contribution >= 4 is 17.6 Å². The largest absolute Gasteiger partial charge is 0.392 e. The van der Waals surface area contributed by atoms with Gasteiger partial charge < -0.3 is 10.8 Å². The lowest BCUT2D eigenvalue weighted by molar-refractivity contribution is 0.196. The van der Waals surface area contributed by atoms with E-state index in [0.29, 0.717) is 5.56 Å². The van der Waals surface area contributed by atoms with Crippen LogP contribution in [0.3, 0.4) is 0 Å². The predicted octanol–water partition coefficient (Wildman–Crippen LogP) is 1.84. The normalized spacial score (nSPS) is 14.4. The molecule has 2 unspecified atom stereocenters. The molecule has 0 amide bonds. The number of hydrogen-bond donors (Lipinski definition) is 3. The third-order valence-corrected chi connectivity index (χ3v) is 3.90. The van der Waals surface area contributed by atoms with Crippen molar-refractivity contribution in [1.82, 2.24) is 4.98 Å². The summed E-state index contributed by atoms with van der Waals surface area (Å²) < 4.78 is 0. The van der Waals surface area contributed by atoms with Crippen molar-refractivity contribution in [2.75, 3.05) is 0 Å². The molecule has 0 aromatic carbocycles. The molecule has 1 heterocycles. The molecule has 0 aliphatic heterocycles. The fourth-order valence-corrected chi connectivity index (χ4v) is 2.72. The summed E-state index contributed by atoms with van der Waals surface area (Å²) >= 11 is 1.52. The zero-order valence-corrected chi connectivity index (χ0v) is 11.4. The number of hydrogen-bond acceptors (Lipinski definition) is 4. The summed E-state index contributed by atoms with van der Waals surface area (Å²) in [5, 5.41) is 17.2. The number of nitrogens with one attached hydrogen (secondary N) is 1. The van der Waals surface area contributed by atoms with E-state index >= 15 is 0 Å². The Balaban J connectivity index is 3.17. The number of rotatable bonds is 4. The van der Waals surface area contributed by atoms with Gasteiger partial charge in [0, 0.05) is 21.5 Å². The molecule has 0 aliphatic rings. The Morgan fingerprint density at radius 1 is 1.47 bits per heavy atom. The number of nitrogen functional groups attached to an aromatic ring is 1. The molecule has 1 aromatic rings. The molecule has 0 spiro atoms. The fraction of sp³-hybridized carbons (Fsp3) is 0.500. The Labute approximate surface area is 106 Å². The lowest BCUT2D eigenvalue weighted by Crippen LogP contribution is -2.19. The van der Waals surface area contributed by atoms with Crippen LogP contribution in [0.4, 0.5) is 0 Å². The smallest absolute Gasteiger partial charge is 0.125 e. The molecular weight excluding hydrogens is 234 g/mol. The zero-order chi connectivity index (χ0) is 13.2. The van der Waals surface area contributed by atoms with E-state index in [1.807, 2.05) is 26.8 Å². The second kappa shape index (κ2) is 5.51. The summed E-state index contributed by atoms with van der Waals surface area (Å²) in [6.07, 6.45) is -0.409. The van der Waals surface area contributed by atoms with Gasteiger partial charge in [-0.1, -0.05) is 6.92 Å². The Morgan fingerprint density at radius 2 is 2.06 bits per heavy atom. The summed E-state index contributed by atoms with van der Waals surface area (Å²) in [5.74, 6) is 0.0234. The van der Waals surface area contributed by atoms with Gasteiger partial charge in [0.1, 0.15) is 5.84 Å². The number of aryl methyl sites for hydroxylation is 2. The summed E-state index contributed by atoms with van der Waals surface area (Å²) in [7, 11) is 0. The molecule has 0 bridgehead atoms. The Bertz CT molecular complexity index is 432. The van der Waals surface area contributed by atoms with Crippen molar-refractivity contribution in [2.45, 2.75) is 43.9 Å². The number of nitrogens with two attached hydrogens (primary N) is 1. The van der Waals surface area contributed by atoms with E-state index in [0.717, 1.165) is 16.3 Å². The molecule has 0 radical (unpaired) electrons. The third kappa shape index (κ3) is 3.44. The summed E-state index contributed by atoms with van der Waals surface area (Å²) in [6.45, 7) is 7.46. The van der Waals surface area contributed by atoms with E-state index in [2.05, 4.69) is 4.98 Å². The molecule has 17 heavy (non-hydrogen) atoms. The Morgan fingerprint density at radius 3 is 2.53 bits per heavy atom. The standard InChI is InChI=1S/C12H19N3OS/c1-6-5-10(17-9(4)8(3)16)11(12(13)14)7(2)15-6/h5,8-9,16H,1-4H3,(H3,13,14). The molecule has 0 saturated heterocycles. The maximum absolute atomic E-state index is 9.53. The van der Waals surface area contributed by atoms with Gasteiger partial charge in [0.05, 0.1) is 11.7 Å². The second-order valence-corrected chi connectivity index (χ2v) is 5.62. The van der Waals surface area contributed by atoms with Crippen LogP contribution in [-0.2, 0) is 0 Å². The molecule has 94 valence electrons. The average molecular weight is 253 g/mol. The molecule has 0 saturated carbocycles. The highest BCUT2D eigenvalue weighted by atomic mass is 32.2. The number of thioether (sulfide) groups is 1. The minimum atomic E-state index is -0.409. The fourth-order valence-electron chi connectivity index (χ4n) is 1.51. The molecule has 0 fully saturated rings. The van der Waals surface area contributed by atoms with Crippen molar-refractivity contribution in [1.29, 1.82) is 5.41 Å². The van der Waals surface area contributed by atoms with Crippen LogP contribution in [0.5, 0.6) is 0 Å². The van der Waals surface area contributed by atoms with E-state index < -0.39 is 6.10 Å². The van der Waals surface area contributed by atoms with E-state index in [1.54, 1.807) is 6.92 Å². The summed E-state index contributed by atoms with van der Waals surface area (Å²) in [4.78, 5) is 5.22. The number of amidine groups is 1. The third-order valence-electron chi connectivity index (χ3n) is 2.55. The van der Waals surface area contributed by atoms with Gasteiger partial charge in [-0.15, -0.1) is 11.8 Å². The minimum absolute atomic E-state index is 0.0234. The van der Waals surface area contributed by atoms with Gasteiger partial charge in [-0.05, 0) is 26.8 Å². The highest BCUT2D eigenvalue weighted by Gasteiger charge is 2.17. The summed E-state index contributed by atoms with van der Waals surface area (Å²) in [5.41, 5.74) is 7.92. The van der Waals surface area contributed by atoms with Crippen LogP contribution < -0.4 is 5.73 Å². The van der Waals surface area contributed by atoms with Crippen LogP contribution >= 0.6 is 11.8 Å². The van der Waals surface area contributed by atoms with E-state index in [-0.39, 0.29) is 11.1 Å². The minimum Gasteiger partial charge on any atom is -0.392 e. The molecular formula is C12H19N3OS. The summed E-state index contributed by atoms with van der Waals surface area (Å²) in [6, 6.07) is 1.91. The molecule has 1 aromatic heterocycles. The second-order valence-electron chi connectivity index (χ2n) is 4.20. The van der Waals surface area contributed by atoms with Crippen LogP contribution in [-0.4, -0.2) is 27.3 Å². The number of pyridine rings is 1. The molecule has 2 atom stereocenters. The van der Waals surface area contributed by atoms with Crippen LogP contribution in [0.25, 0.3) is 0 Å². The maximum Gasteiger partial charge on any atom is 0.125 e. The number of aromatic nitrogens is 1. The van der Waals surface area contributed by atoms with Gasteiger partial charge in [-0.25, -0.2) is 0 Å². The topological polar surface area (TPSA) is 83.0 Å². The van der Waals surface area contributed by atoms with Crippen molar-refractivity contribution in [3.05, 3.63) is 23.0 Å². The highest BCUT2D eigenvalue weighted by Crippen LogP contribution is 2.30. The maximum atomic E-state index is 9.53. The van der Waals surface area contributed by atoms with Crippen molar-refractivity contribution in [2.24, 2.45) is 5.73 Å².